The number of thiazole rings is 2. The molecule has 4 aliphatic rings. The number of carbonyl (C=O) groups excluding carboxylic acids is 2. The molecule has 10 nitrogen and oxygen atoms in total. The molecule has 16 rings (SSSR count). The van der Waals surface area contributed by atoms with Gasteiger partial charge in [0.15, 0.2) is 11.6 Å². The quantitative estimate of drug-likeness (QED) is 0.0415. The molecule has 0 radical (unpaired) electrons. The first-order valence-electron chi connectivity index (χ1n) is 33.9. The van der Waals surface area contributed by atoms with Gasteiger partial charge >= 0.3 is 0 Å². The van der Waals surface area contributed by atoms with Crippen molar-refractivity contribution in [2.75, 3.05) is 11.5 Å². The Labute approximate surface area is 629 Å². The maximum atomic E-state index is 13.8. The molecule has 0 spiro atoms. The Balaban J connectivity index is 0.847. The lowest BCUT2D eigenvalue weighted by molar-refractivity contribution is 0.103. The Morgan fingerprint density at radius 1 is 0.476 bits per heavy atom. The minimum Gasteiger partial charge on any atom is -0.289 e. The van der Waals surface area contributed by atoms with Crippen LogP contribution in [0.15, 0.2) is 243 Å². The number of hydrogen-bond donors (Lipinski definition) is 0. The smallest absolute Gasteiger partial charge is 0.194 e. The predicted octanol–water partition coefficient (Wildman–Crippen LogP) is 22.4. The average molecular weight is 1450 g/mol. The van der Waals surface area contributed by atoms with E-state index in [0.29, 0.717) is 76.1 Å². The maximum absolute atomic E-state index is 13.8. The van der Waals surface area contributed by atoms with Gasteiger partial charge in [-0.25, -0.2) is 9.97 Å². The Morgan fingerprint density at radius 3 is 1.32 bits per heavy atom. The number of hydrogen-bond acceptors (Lipinski definition) is 15. The summed E-state index contributed by atoms with van der Waals surface area (Å²) in [6.45, 7) is 20.8. The fraction of sp³-hybridized carbons (Fsp3) is 0.111. The van der Waals surface area contributed by atoms with Crippen molar-refractivity contribution < 1.29 is 9.59 Å². The van der Waals surface area contributed by atoms with E-state index in [1.807, 2.05) is 24.3 Å². The highest BCUT2D eigenvalue weighted by Crippen LogP contribution is 2.64. The van der Waals surface area contributed by atoms with Gasteiger partial charge in [0, 0.05) is 49.6 Å². The lowest BCUT2D eigenvalue weighted by Crippen LogP contribution is -2.30. The van der Waals surface area contributed by atoms with Crippen molar-refractivity contribution in [3.63, 3.8) is 0 Å². The van der Waals surface area contributed by atoms with Gasteiger partial charge < -0.3 is 0 Å². The van der Waals surface area contributed by atoms with E-state index in [9.17, 15) is 30.6 Å². The van der Waals surface area contributed by atoms with Gasteiger partial charge in [-0.15, -0.1) is 11.3 Å². The normalized spacial score (nSPS) is 14.8. The molecule has 4 aliphatic carbocycles. The van der Waals surface area contributed by atoms with Crippen molar-refractivity contribution in [1.82, 2.24) is 9.97 Å². The number of thioether (sulfide) groups is 2. The molecule has 12 aromatic rings. The van der Waals surface area contributed by atoms with Crippen LogP contribution >= 0.6 is 57.5 Å². The minimum absolute atomic E-state index is 0.105. The lowest BCUT2D eigenvalue weighted by Gasteiger charge is -2.36. The summed E-state index contributed by atoms with van der Waals surface area (Å²) in [5, 5.41) is 45.2. The first-order valence-corrected chi connectivity index (χ1v) is 38.4. The molecule has 3 aromatic heterocycles. The highest BCUT2D eigenvalue weighted by Gasteiger charge is 2.52. The third kappa shape index (κ3) is 10.9. The van der Waals surface area contributed by atoms with Crippen LogP contribution in [0.25, 0.3) is 65.0 Å². The number of aliphatic imine (C=N–C) groups is 2. The molecule has 0 N–H and O–H groups in total. The second-order valence-electron chi connectivity index (χ2n) is 26.7. The number of nitriles is 4. The van der Waals surface area contributed by atoms with Crippen LogP contribution in [0.4, 0.5) is 10.0 Å². The van der Waals surface area contributed by atoms with Crippen LogP contribution < -0.4 is 0 Å². The van der Waals surface area contributed by atoms with E-state index >= 15 is 0 Å². The molecular weight excluding hydrogens is 1390 g/mol. The fourth-order valence-electron chi connectivity index (χ4n) is 15.7. The second kappa shape index (κ2) is 26.8. The van der Waals surface area contributed by atoms with E-state index in [2.05, 4.69) is 211 Å². The van der Waals surface area contributed by atoms with Crippen LogP contribution in [-0.2, 0) is 10.8 Å². The van der Waals surface area contributed by atoms with Crippen molar-refractivity contribution in [3.05, 3.63) is 328 Å². The van der Waals surface area contributed by atoms with Gasteiger partial charge in [-0.05, 0) is 197 Å². The number of ketones is 2. The summed E-state index contributed by atoms with van der Waals surface area (Å²) in [7, 11) is 0. The predicted molar refractivity (Wildman–Crippen MR) is 431 cm³/mol. The van der Waals surface area contributed by atoms with Gasteiger partial charge in [0.05, 0.1) is 15.7 Å². The van der Waals surface area contributed by atoms with Crippen LogP contribution in [0, 0.1) is 79.9 Å². The molecular formula is C90H60N8O2S5. The molecule has 0 saturated carbocycles. The van der Waals surface area contributed by atoms with Gasteiger partial charge in [-0.2, -0.15) is 21.0 Å². The van der Waals surface area contributed by atoms with Crippen LogP contribution in [0.3, 0.4) is 0 Å². The number of allylic oxidation sites excluding steroid dienone is 7. The number of thiophene rings is 1. The molecule has 0 amide bonds. The van der Waals surface area contributed by atoms with Gasteiger partial charge in [0.1, 0.15) is 65.5 Å². The maximum Gasteiger partial charge on any atom is 0.194 e. The Bertz CT molecular complexity index is 6040. The number of carbonyl (C=O) groups is 2. The van der Waals surface area contributed by atoms with Crippen molar-refractivity contribution >= 4 is 125 Å². The van der Waals surface area contributed by atoms with Crippen LogP contribution in [0.2, 0.25) is 0 Å². The number of aryl methyl sites for hydroxylation is 5. The van der Waals surface area contributed by atoms with Gasteiger partial charge in [-0.3, -0.25) is 19.6 Å². The molecule has 9 aromatic carbocycles. The van der Waals surface area contributed by atoms with Gasteiger partial charge in [0.2, 0.25) is 0 Å². The Morgan fingerprint density at radius 2 is 0.876 bits per heavy atom. The monoisotopic (exact) mass is 1440 g/mol. The van der Waals surface area contributed by atoms with E-state index in [0.717, 1.165) is 97.3 Å². The summed E-state index contributed by atoms with van der Waals surface area (Å²) in [5.41, 5.74) is 23.3. The standard InChI is InChI=1S/C90H60N8O2S5/c1-49-17-25-59(26-18-49)89(60-27-19-50(2)20-28-60)73-38-53(5)55(37-54(6)83-97-87(85(95-7)104-83)101-35-33-67-79(57(45-91)46-92)63-13-9-11-15-65(63)81(67)99)39-69(73)71-42-75-72(43-74(71)89)70-40-56-41-78(103-77(56)44-76(70)90(75,61-29-21-51(3)22-30-61)62-31-23-52(4)24-32-62)84-98-88(86(96-8)105-84)102-36-34-68-80(58(47-93)48-94)64-14-10-12-16-66(64)82(68)100/h9-34,37-44H,7-8,35-36H2,1-6H3/b54-37+,67-33-,68-34-. The highest BCUT2D eigenvalue weighted by molar-refractivity contribution is 7.99. The number of aromatic nitrogens is 2. The third-order valence-corrected chi connectivity index (χ3v) is 26.0. The number of rotatable bonds is 15. The van der Waals surface area contributed by atoms with E-state index in [4.69, 9.17) is 9.97 Å². The molecule has 15 heteroatoms. The van der Waals surface area contributed by atoms with Crippen LogP contribution in [0.1, 0.15) is 122 Å². The van der Waals surface area contributed by atoms with Crippen molar-refractivity contribution in [2.45, 2.75) is 62.4 Å². The zero-order valence-corrected chi connectivity index (χ0v) is 62.0. The Kier molecular flexibility index (Phi) is 17.3. The molecule has 0 bridgehead atoms. The highest BCUT2D eigenvalue weighted by atomic mass is 32.2. The Hall–Kier alpha value is -11.8. The van der Waals surface area contributed by atoms with E-state index in [1.54, 1.807) is 72.0 Å². The summed E-state index contributed by atoms with van der Waals surface area (Å²) >= 11 is 7.48. The lowest BCUT2D eigenvalue weighted by atomic mass is 9.65. The first kappa shape index (κ1) is 67.7. The average Bonchev–Trinajstić information content (AvgIpc) is 1.51. The summed E-state index contributed by atoms with van der Waals surface area (Å²) in [6, 6.07) is 75.6. The van der Waals surface area contributed by atoms with E-state index in [1.165, 1.54) is 79.6 Å². The summed E-state index contributed by atoms with van der Waals surface area (Å²) < 4.78 is 1.10. The van der Waals surface area contributed by atoms with E-state index in [-0.39, 0.29) is 22.7 Å². The van der Waals surface area contributed by atoms with Crippen molar-refractivity contribution in [2.24, 2.45) is 9.98 Å². The van der Waals surface area contributed by atoms with Crippen molar-refractivity contribution in [3.8, 4) is 56.4 Å². The molecule has 0 atom stereocenters. The first-order chi connectivity index (χ1) is 51.0. The van der Waals surface area contributed by atoms with E-state index < -0.39 is 10.8 Å². The zero-order chi connectivity index (χ0) is 72.7. The SMILES string of the molecule is C=Nc1sc(/C(C)=C/c2cc3c(cc2C)C(c2ccc(C)cc2)(c2ccc(C)cc2)c2cc4c(cc2-3)C(c2ccc(C)cc2)(c2ccc(C)cc2)c2cc3sc(-c5nc(SC/C=C6\C(=O)c7ccccc7C6=C(C#N)C#N)c(N=C)s5)cc3cc2-4)nc1SC/C=C1\C(=O)c2ccccc2C1=C(C#N)C#N. The van der Waals surface area contributed by atoms with Gasteiger partial charge in [-0.1, -0.05) is 232 Å². The van der Waals surface area contributed by atoms with Crippen LogP contribution in [-0.4, -0.2) is 46.5 Å². The molecule has 0 aliphatic heterocycles. The molecule has 105 heavy (non-hydrogen) atoms. The second-order valence-corrected chi connectivity index (χ2v) is 31.7. The van der Waals surface area contributed by atoms with Crippen LogP contribution in [0.5, 0.6) is 0 Å². The summed E-state index contributed by atoms with van der Waals surface area (Å²) in [6.07, 6.45) is 5.81. The zero-order valence-electron chi connectivity index (χ0n) is 57.9. The number of nitrogens with zero attached hydrogens (tertiary/aromatic N) is 8. The third-order valence-electron chi connectivity index (χ3n) is 20.6. The molecule has 0 saturated heterocycles. The van der Waals surface area contributed by atoms with Gasteiger partial charge in [0.25, 0.3) is 0 Å². The summed E-state index contributed by atoms with van der Waals surface area (Å²) in [5.74, 6) is 0.221. The minimum atomic E-state index is -0.804. The number of benzene rings is 9. The fourth-order valence-corrected chi connectivity index (χ4v) is 20.5. The molecule has 0 fully saturated rings. The molecule has 3 heterocycles. The largest absolute Gasteiger partial charge is 0.289 e. The van der Waals surface area contributed by atoms with Crippen molar-refractivity contribution in [1.29, 1.82) is 21.0 Å². The summed E-state index contributed by atoms with van der Waals surface area (Å²) in [4.78, 5) is 47.9. The number of Topliss-reactive ketones (excluding diaryl/α,β-unsaturated/α-hetero) is 2. The molecule has 502 valence electrons. The number of fused-ring (bicyclic) bond motifs is 9. The topological polar surface area (TPSA) is 180 Å². The molecule has 0 unspecified atom stereocenters.